The van der Waals surface area contributed by atoms with Crippen LogP contribution in [-0.2, 0) is 0 Å². The zero-order valence-corrected chi connectivity index (χ0v) is 13.0. The smallest absolute Gasteiger partial charge is 0.339 e. The number of carbonyl (C=O) groups is 1. The van der Waals surface area contributed by atoms with Crippen LogP contribution >= 0.6 is 0 Å². The molecule has 0 aliphatic rings. The van der Waals surface area contributed by atoms with Crippen molar-refractivity contribution in [2.24, 2.45) is 5.92 Å². The number of carboxylic acid groups (broad SMARTS) is 1. The highest BCUT2D eigenvalue weighted by Crippen LogP contribution is 2.31. The van der Waals surface area contributed by atoms with E-state index in [9.17, 15) is 9.90 Å². The molecule has 3 N–H and O–H groups in total. The Kier molecular flexibility index (Phi) is 6.85. The van der Waals surface area contributed by atoms with Crippen LogP contribution in [0.5, 0.6) is 11.5 Å². The molecule has 5 nitrogen and oxygen atoms in total. The summed E-state index contributed by atoms with van der Waals surface area (Å²) in [4.78, 5) is 11.3. The van der Waals surface area contributed by atoms with Crippen LogP contribution < -0.4 is 15.2 Å². The van der Waals surface area contributed by atoms with Gasteiger partial charge >= 0.3 is 5.97 Å². The van der Waals surface area contributed by atoms with Crippen LogP contribution in [0.2, 0.25) is 0 Å². The van der Waals surface area contributed by atoms with Gasteiger partial charge in [-0.25, -0.2) is 4.79 Å². The number of nitrogens with two attached hydrogens (primary N) is 1. The van der Waals surface area contributed by atoms with Crippen LogP contribution in [0.3, 0.4) is 0 Å². The monoisotopic (exact) mass is 295 g/mol. The maximum Gasteiger partial charge on any atom is 0.339 e. The van der Waals surface area contributed by atoms with Crippen molar-refractivity contribution in [2.45, 2.75) is 39.5 Å². The van der Waals surface area contributed by atoms with Gasteiger partial charge in [-0.05, 0) is 12.3 Å². The van der Waals surface area contributed by atoms with E-state index in [4.69, 9.17) is 15.2 Å². The van der Waals surface area contributed by atoms with Gasteiger partial charge in [-0.15, -0.1) is 0 Å². The van der Waals surface area contributed by atoms with Gasteiger partial charge in [0.1, 0.15) is 17.1 Å². The SMILES string of the molecule is CCCCC(CC)COc1cc(N)c(OC)cc1C(=O)O. The second-order valence-corrected chi connectivity index (χ2v) is 5.12. The Morgan fingerprint density at radius 3 is 2.57 bits per heavy atom. The lowest BCUT2D eigenvalue weighted by Crippen LogP contribution is -2.13. The Balaban J connectivity index is 2.86. The minimum atomic E-state index is -1.05. The van der Waals surface area contributed by atoms with E-state index in [0.29, 0.717) is 29.7 Å². The zero-order valence-electron chi connectivity index (χ0n) is 13.0. The summed E-state index contributed by atoms with van der Waals surface area (Å²) < 4.78 is 10.8. The van der Waals surface area contributed by atoms with Crippen molar-refractivity contribution in [3.63, 3.8) is 0 Å². The predicted octanol–water partition coefficient (Wildman–Crippen LogP) is 3.57. The molecule has 0 aromatic heterocycles. The van der Waals surface area contributed by atoms with E-state index >= 15 is 0 Å². The summed E-state index contributed by atoms with van der Waals surface area (Å²) in [5.74, 6) is 0.0216. The van der Waals surface area contributed by atoms with Gasteiger partial charge < -0.3 is 20.3 Å². The first-order chi connectivity index (χ1) is 10.0. The Morgan fingerprint density at radius 2 is 2.05 bits per heavy atom. The molecule has 1 aromatic rings. The summed E-state index contributed by atoms with van der Waals surface area (Å²) >= 11 is 0. The third kappa shape index (κ3) is 4.85. The quantitative estimate of drug-likeness (QED) is 0.681. The lowest BCUT2D eigenvalue weighted by Gasteiger charge is -2.17. The number of benzene rings is 1. The fourth-order valence-corrected chi connectivity index (χ4v) is 2.14. The molecule has 118 valence electrons. The number of rotatable bonds is 9. The second-order valence-electron chi connectivity index (χ2n) is 5.12. The zero-order chi connectivity index (χ0) is 15.8. The molecule has 0 saturated heterocycles. The molecule has 0 amide bonds. The number of unbranched alkanes of at least 4 members (excludes halogenated alkanes) is 1. The first kappa shape index (κ1) is 17.1. The van der Waals surface area contributed by atoms with Crippen LogP contribution in [0.15, 0.2) is 12.1 Å². The van der Waals surface area contributed by atoms with E-state index in [1.807, 2.05) is 0 Å². The number of nitrogen functional groups attached to an aromatic ring is 1. The van der Waals surface area contributed by atoms with Gasteiger partial charge in [-0.2, -0.15) is 0 Å². The standard InChI is InChI=1S/C16H25NO4/c1-4-6-7-11(5-2)10-21-14-9-13(17)15(20-3)8-12(14)16(18)19/h8-9,11H,4-7,10,17H2,1-3H3,(H,18,19). The fourth-order valence-electron chi connectivity index (χ4n) is 2.14. The van der Waals surface area contributed by atoms with E-state index in [-0.39, 0.29) is 5.56 Å². The average molecular weight is 295 g/mol. The molecule has 1 atom stereocenters. The third-order valence-corrected chi connectivity index (χ3v) is 3.58. The number of ether oxygens (including phenoxy) is 2. The van der Waals surface area contributed by atoms with Gasteiger partial charge in [0.25, 0.3) is 0 Å². The average Bonchev–Trinajstić information content (AvgIpc) is 2.47. The Hall–Kier alpha value is -1.91. The molecule has 0 bridgehead atoms. The van der Waals surface area contributed by atoms with Crippen LogP contribution in [-0.4, -0.2) is 24.8 Å². The lowest BCUT2D eigenvalue weighted by molar-refractivity contribution is 0.0690. The highest BCUT2D eigenvalue weighted by Gasteiger charge is 2.17. The molecule has 0 aliphatic heterocycles. The largest absolute Gasteiger partial charge is 0.495 e. The van der Waals surface area contributed by atoms with Crippen molar-refractivity contribution >= 4 is 11.7 Å². The number of hydrogen-bond acceptors (Lipinski definition) is 4. The lowest BCUT2D eigenvalue weighted by atomic mass is 10.0. The van der Waals surface area contributed by atoms with Crippen molar-refractivity contribution in [3.8, 4) is 11.5 Å². The number of methoxy groups -OCH3 is 1. The topological polar surface area (TPSA) is 81.8 Å². The Labute approximate surface area is 126 Å². The molecule has 21 heavy (non-hydrogen) atoms. The minimum absolute atomic E-state index is 0.0754. The van der Waals surface area contributed by atoms with E-state index in [0.717, 1.165) is 25.7 Å². The maximum absolute atomic E-state index is 11.3. The molecule has 1 aromatic carbocycles. The normalized spacial score (nSPS) is 12.0. The molecule has 1 rings (SSSR count). The predicted molar refractivity (Wildman–Crippen MR) is 83.2 cm³/mol. The van der Waals surface area contributed by atoms with Gasteiger partial charge in [0, 0.05) is 12.1 Å². The Morgan fingerprint density at radius 1 is 1.33 bits per heavy atom. The molecule has 5 heteroatoms. The van der Waals surface area contributed by atoms with Crippen molar-refractivity contribution < 1.29 is 19.4 Å². The van der Waals surface area contributed by atoms with Crippen LogP contribution in [0.1, 0.15) is 49.9 Å². The van der Waals surface area contributed by atoms with Crippen molar-refractivity contribution in [2.75, 3.05) is 19.5 Å². The van der Waals surface area contributed by atoms with Gasteiger partial charge in [0.15, 0.2) is 0 Å². The summed E-state index contributed by atoms with van der Waals surface area (Å²) in [6, 6.07) is 2.93. The number of aromatic carboxylic acids is 1. The highest BCUT2D eigenvalue weighted by molar-refractivity contribution is 5.92. The van der Waals surface area contributed by atoms with Crippen LogP contribution in [0, 0.1) is 5.92 Å². The van der Waals surface area contributed by atoms with Gasteiger partial charge in [-0.1, -0.05) is 33.1 Å². The van der Waals surface area contributed by atoms with Gasteiger partial charge in [0.05, 0.1) is 19.4 Å². The molecule has 0 heterocycles. The van der Waals surface area contributed by atoms with Gasteiger partial charge in [-0.3, -0.25) is 0 Å². The molecular formula is C16H25NO4. The highest BCUT2D eigenvalue weighted by atomic mass is 16.5. The maximum atomic E-state index is 11.3. The van der Waals surface area contributed by atoms with Crippen LogP contribution in [0.25, 0.3) is 0 Å². The first-order valence-electron chi connectivity index (χ1n) is 7.37. The van der Waals surface area contributed by atoms with E-state index in [2.05, 4.69) is 13.8 Å². The number of anilines is 1. The summed E-state index contributed by atoms with van der Waals surface area (Å²) in [5, 5.41) is 9.26. The molecule has 0 fully saturated rings. The molecule has 0 spiro atoms. The van der Waals surface area contributed by atoms with E-state index < -0.39 is 5.97 Å². The Bertz CT molecular complexity index is 474. The summed E-state index contributed by atoms with van der Waals surface area (Å²) in [6.45, 7) is 4.77. The van der Waals surface area contributed by atoms with Crippen molar-refractivity contribution in [1.82, 2.24) is 0 Å². The van der Waals surface area contributed by atoms with Crippen molar-refractivity contribution in [3.05, 3.63) is 17.7 Å². The molecule has 1 unspecified atom stereocenters. The molecule has 0 aliphatic carbocycles. The molecule has 0 radical (unpaired) electrons. The van der Waals surface area contributed by atoms with Crippen LogP contribution in [0.4, 0.5) is 5.69 Å². The summed E-state index contributed by atoms with van der Waals surface area (Å²) in [6.07, 6.45) is 4.39. The number of hydrogen-bond donors (Lipinski definition) is 2. The molecule has 0 saturated carbocycles. The summed E-state index contributed by atoms with van der Waals surface area (Å²) in [7, 11) is 1.45. The third-order valence-electron chi connectivity index (χ3n) is 3.58. The first-order valence-corrected chi connectivity index (χ1v) is 7.37. The number of carboxylic acids is 1. The minimum Gasteiger partial charge on any atom is -0.495 e. The van der Waals surface area contributed by atoms with Gasteiger partial charge in [0.2, 0.25) is 0 Å². The van der Waals surface area contributed by atoms with E-state index in [1.54, 1.807) is 0 Å². The fraction of sp³-hybridized carbons (Fsp3) is 0.562. The molecular weight excluding hydrogens is 270 g/mol. The summed E-state index contributed by atoms with van der Waals surface area (Å²) in [5.41, 5.74) is 6.27. The van der Waals surface area contributed by atoms with E-state index in [1.165, 1.54) is 19.2 Å². The van der Waals surface area contributed by atoms with Crippen molar-refractivity contribution in [1.29, 1.82) is 0 Å². The second kappa shape index (κ2) is 8.39.